The number of nitriles is 1. The van der Waals surface area contributed by atoms with Crippen LogP contribution in [0.2, 0.25) is 0 Å². The zero-order valence-electron chi connectivity index (χ0n) is 15.2. The molecule has 2 aromatic carbocycles. The first-order valence-electron chi connectivity index (χ1n) is 8.18. The maximum atomic E-state index is 8.63. The van der Waals surface area contributed by atoms with Gasteiger partial charge in [-0.25, -0.2) is 0 Å². The van der Waals surface area contributed by atoms with E-state index in [-0.39, 0.29) is 17.5 Å². The van der Waals surface area contributed by atoms with Crippen molar-refractivity contribution in [1.82, 2.24) is 10.1 Å². The number of ether oxygens (including phenoxy) is 3. The highest BCUT2D eigenvalue weighted by Crippen LogP contribution is 2.32. The standard InChI is InChI=1S/C20H16ClN3O4/c1-25-16-6-4-3-5-14(16)19-23-20(28-24-19)15(21)11-13-7-8-17(27-10-9-22)18(12-13)26-2/h3-8,11-12H,10H2,1-2H3/b15-11-. The predicted molar refractivity (Wildman–Crippen MR) is 104 cm³/mol. The number of aromatic nitrogens is 2. The summed E-state index contributed by atoms with van der Waals surface area (Å²) in [6.07, 6.45) is 1.66. The fourth-order valence-corrected chi connectivity index (χ4v) is 2.67. The Bertz CT molecular complexity index is 1040. The summed E-state index contributed by atoms with van der Waals surface area (Å²) >= 11 is 6.35. The zero-order chi connectivity index (χ0) is 19.9. The van der Waals surface area contributed by atoms with E-state index in [4.69, 9.17) is 35.6 Å². The van der Waals surface area contributed by atoms with Crippen LogP contribution in [0.5, 0.6) is 17.2 Å². The van der Waals surface area contributed by atoms with Gasteiger partial charge in [0.15, 0.2) is 18.1 Å². The lowest BCUT2D eigenvalue weighted by atomic mass is 10.2. The summed E-state index contributed by atoms with van der Waals surface area (Å²) in [5.74, 6) is 2.12. The van der Waals surface area contributed by atoms with Gasteiger partial charge in [0.25, 0.3) is 5.89 Å². The number of hydrogen-bond donors (Lipinski definition) is 0. The first-order chi connectivity index (χ1) is 13.7. The van der Waals surface area contributed by atoms with Gasteiger partial charge < -0.3 is 18.7 Å². The van der Waals surface area contributed by atoms with Gasteiger partial charge in [0.1, 0.15) is 16.9 Å². The molecule has 0 bridgehead atoms. The molecule has 8 heteroatoms. The summed E-state index contributed by atoms with van der Waals surface area (Å²) in [7, 11) is 3.09. The normalized spacial score (nSPS) is 11.0. The van der Waals surface area contributed by atoms with Gasteiger partial charge in [-0.1, -0.05) is 35.0 Å². The number of halogens is 1. The molecule has 0 N–H and O–H groups in total. The fourth-order valence-electron chi connectivity index (χ4n) is 2.47. The third-order valence-corrected chi connectivity index (χ3v) is 4.02. The first kappa shape index (κ1) is 19.3. The van der Waals surface area contributed by atoms with E-state index in [0.29, 0.717) is 28.6 Å². The van der Waals surface area contributed by atoms with E-state index < -0.39 is 0 Å². The van der Waals surface area contributed by atoms with E-state index in [1.165, 1.54) is 7.11 Å². The van der Waals surface area contributed by atoms with Crippen molar-refractivity contribution in [2.45, 2.75) is 0 Å². The average molecular weight is 398 g/mol. The Morgan fingerprint density at radius 2 is 1.93 bits per heavy atom. The van der Waals surface area contributed by atoms with Gasteiger partial charge in [0.05, 0.1) is 19.8 Å². The quantitative estimate of drug-likeness (QED) is 0.583. The molecule has 1 aromatic heterocycles. The molecule has 0 saturated heterocycles. The van der Waals surface area contributed by atoms with Crippen LogP contribution in [-0.2, 0) is 0 Å². The SMILES string of the molecule is COc1cc(/C=C(\Cl)c2nc(-c3ccccc3OC)no2)ccc1OCC#N. The molecule has 7 nitrogen and oxygen atoms in total. The average Bonchev–Trinajstić information content (AvgIpc) is 3.23. The lowest BCUT2D eigenvalue weighted by Gasteiger charge is -2.08. The Hall–Kier alpha value is -3.50. The fraction of sp³-hybridized carbons (Fsp3) is 0.150. The summed E-state index contributed by atoms with van der Waals surface area (Å²) in [5.41, 5.74) is 1.44. The molecule has 0 saturated carbocycles. The van der Waals surface area contributed by atoms with Crippen LogP contribution in [0.3, 0.4) is 0 Å². The molecule has 28 heavy (non-hydrogen) atoms. The molecule has 0 aliphatic carbocycles. The number of nitrogens with zero attached hydrogens (tertiary/aromatic N) is 3. The third kappa shape index (κ3) is 4.24. The Balaban J connectivity index is 1.86. The number of hydrogen-bond acceptors (Lipinski definition) is 7. The minimum Gasteiger partial charge on any atom is -0.496 e. The molecule has 1 heterocycles. The van der Waals surface area contributed by atoms with Crippen LogP contribution in [0.4, 0.5) is 0 Å². The summed E-state index contributed by atoms with van der Waals surface area (Å²) in [6, 6.07) is 14.5. The second kappa shape index (κ2) is 8.93. The molecule has 0 amide bonds. The number of methoxy groups -OCH3 is 2. The van der Waals surface area contributed by atoms with Crippen molar-refractivity contribution in [3.8, 4) is 34.7 Å². The van der Waals surface area contributed by atoms with Crippen LogP contribution < -0.4 is 14.2 Å². The van der Waals surface area contributed by atoms with Gasteiger partial charge >= 0.3 is 0 Å². The van der Waals surface area contributed by atoms with E-state index >= 15 is 0 Å². The lowest BCUT2D eigenvalue weighted by molar-refractivity contribution is 0.329. The van der Waals surface area contributed by atoms with E-state index in [1.54, 1.807) is 31.4 Å². The van der Waals surface area contributed by atoms with Gasteiger partial charge in [-0.2, -0.15) is 10.2 Å². The minimum atomic E-state index is -0.0694. The molecule has 0 aliphatic heterocycles. The Kier molecular flexibility index (Phi) is 6.14. The van der Waals surface area contributed by atoms with Gasteiger partial charge in [-0.3, -0.25) is 0 Å². The van der Waals surface area contributed by atoms with E-state index in [2.05, 4.69) is 10.1 Å². The lowest BCUT2D eigenvalue weighted by Crippen LogP contribution is -1.96. The Morgan fingerprint density at radius 3 is 2.68 bits per heavy atom. The van der Waals surface area contributed by atoms with Crippen molar-refractivity contribution < 1.29 is 18.7 Å². The number of para-hydroxylation sites is 1. The van der Waals surface area contributed by atoms with E-state index in [0.717, 1.165) is 5.56 Å². The van der Waals surface area contributed by atoms with Gasteiger partial charge in [0.2, 0.25) is 5.82 Å². The molecule has 0 spiro atoms. The molecule has 0 radical (unpaired) electrons. The maximum absolute atomic E-state index is 8.63. The van der Waals surface area contributed by atoms with Crippen LogP contribution in [0.15, 0.2) is 47.0 Å². The molecule has 142 valence electrons. The van der Waals surface area contributed by atoms with Crippen molar-refractivity contribution in [2.24, 2.45) is 0 Å². The Labute approximate surface area is 166 Å². The Morgan fingerprint density at radius 1 is 1.14 bits per heavy atom. The van der Waals surface area contributed by atoms with Crippen LogP contribution in [-0.4, -0.2) is 31.0 Å². The summed E-state index contributed by atoms with van der Waals surface area (Å²) < 4.78 is 21.2. The highest BCUT2D eigenvalue weighted by Gasteiger charge is 2.15. The van der Waals surface area contributed by atoms with Crippen LogP contribution in [0.25, 0.3) is 22.5 Å². The van der Waals surface area contributed by atoms with Crippen molar-refractivity contribution in [2.75, 3.05) is 20.8 Å². The molecule has 3 aromatic rings. The van der Waals surface area contributed by atoms with Crippen LogP contribution in [0.1, 0.15) is 11.5 Å². The van der Waals surface area contributed by atoms with Crippen LogP contribution in [0, 0.1) is 11.3 Å². The molecular formula is C20H16ClN3O4. The van der Waals surface area contributed by atoms with Crippen molar-refractivity contribution >= 4 is 22.7 Å². The minimum absolute atomic E-state index is 0.0694. The second-order valence-corrected chi connectivity index (χ2v) is 5.88. The first-order valence-corrected chi connectivity index (χ1v) is 8.56. The third-order valence-electron chi connectivity index (χ3n) is 3.75. The van der Waals surface area contributed by atoms with Crippen LogP contribution >= 0.6 is 11.6 Å². The van der Waals surface area contributed by atoms with Gasteiger partial charge in [-0.05, 0) is 35.9 Å². The molecule has 0 unspecified atom stereocenters. The number of benzene rings is 2. The largest absolute Gasteiger partial charge is 0.496 e. The highest BCUT2D eigenvalue weighted by molar-refractivity contribution is 6.50. The molecule has 0 atom stereocenters. The smallest absolute Gasteiger partial charge is 0.269 e. The van der Waals surface area contributed by atoms with E-state index in [9.17, 15) is 0 Å². The van der Waals surface area contributed by atoms with Crippen molar-refractivity contribution in [1.29, 1.82) is 5.26 Å². The van der Waals surface area contributed by atoms with E-state index in [1.807, 2.05) is 30.3 Å². The highest BCUT2D eigenvalue weighted by atomic mass is 35.5. The monoisotopic (exact) mass is 397 g/mol. The second-order valence-electron chi connectivity index (χ2n) is 5.47. The molecule has 3 rings (SSSR count). The summed E-state index contributed by atoms with van der Waals surface area (Å²) in [4.78, 5) is 4.34. The summed E-state index contributed by atoms with van der Waals surface area (Å²) in [6.45, 7) is -0.0694. The molecule has 0 aliphatic rings. The van der Waals surface area contributed by atoms with Crippen molar-refractivity contribution in [3.05, 3.63) is 53.9 Å². The molecule has 0 fully saturated rings. The maximum Gasteiger partial charge on any atom is 0.269 e. The topological polar surface area (TPSA) is 90.4 Å². The molecular weight excluding hydrogens is 382 g/mol. The van der Waals surface area contributed by atoms with Gasteiger partial charge in [0, 0.05) is 0 Å². The van der Waals surface area contributed by atoms with Crippen molar-refractivity contribution in [3.63, 3.8) is 0 Å². The summed E-state index contributed by atoms with van der Waals surface area (Å²) in [5, 5.41) is 12.9. The predicted octanol–water partition coefficient (Wildman–Crippen LogP) is 4.39. The zero-order valence-corrected chi connectivity index (χ0v) is 15.9. The van der Waals surface area contributed by atoms with Gasteiger partial charge in [-0.15, -0.1) is 0 Å². The number of rotatable bonds is 7.